The van der Waals surface area contributed by atoms with Gasteiger partial charge in [0.25, 0.3) is 0 Å². The van der Waals surface area contributed by atoms with E-state index < -0.39 is 0 Å². The van der Waals surface area contributed by atoms with Gasteiger partial charge in [-0.1, -0.05) is 19.3 Å². The Labute approximate surface area is 104 Å². The Morgan fingerprint density at radius 3 is 2.65 bits per heavy atom. The SMILES string of the molecule is NCC(NC(=O)C1CCNC1)C1CCCCC1. The fourth-order valence-electron chi connectivity index (χ4n) is 3.08. The van der Waals surface area contributed by atoms with E-state index in [-0.39, 0.29) is 17.9 Å². The largest absolute Gasteiger partial charge is 0.352 e. The summed E-state index contributed by atoms with van der Waals surface area (Å²) in [5.74, 6) is 0.968. The standard InChI is InChI=1S/C13H25N3O/c14-8-12(10-4-2-1-3-5-10)16-13(17)11-6-7-15-9-11/h10-12,15H,1-9,14H2,(H,16,17). The van der Waals surface area contributed by atoms with Crippen LogP contribution in [0.15, 0.2) is 0 Å². The molecule has 2 rings (SSSR count). The molecule has 2 unspecified atom stereocenters. The molecule has 0 aromatic rings. The highest BCUT2D eigenvalue weighted by atomic mass is 16.2. The Morgan fingerprint density at radius 1 is 1.29 bits per heavy atom. The Morgan fingerprint density at radius 2 is 2.06 bits per heavy atom. The normalized spacial score (nSPS) is 27.9. The quantitative estimate of drug-likeness (QED) is 0.674. The Kier molecular flexibility index (Phi) is 4.80. The molecular weight excluding hydrogens is 214 g/mol. The molecule has 2 aliphatic rings. The van der Waals surface area contributed by atoms with Crippen LogP contribution in [0.4, 0.5) is 0 Å². The van der Waals surface area contributed by atoms with E-state index in [2.05, 4.69) is 10.6 Å². The second-order valence-corrected chi connectivity index (χ2v) is 5.44. The summed E-state index contributed by atoms with van der Waals surface area (Å²) in [6, 6.07) is 0.198. The van der Waals surface area contributed by atoms with Crippen molar-refractivity contribution in [1.82, 2.24) is 10.6 Å². The van der Waals surface area contributed by atoms with E-state index in [1.54, 1.807) is 0 Å². The van der Waals surface area contributed by atoms with Crippen LogP contribution in [0.3, 0.4) is 0 Å². The molecule has 4 N–H and O–H groups in total. The van der Waals surface area contributed by atoms with Gasteiger partial charge in [-0.2, -0.15) is 0 Å². The molecule has 1 aliphatic heterocycles. The maximum absolute atomic E-state index is 12.1. The van der Waals surface area contributed by atoms with E-state index in [1.165, 1.54) is 32.1 Å². The van der Waals surface area contributed by atoms with Crippen LogP contribution in [0.5, 0.6) is 0 Å². The van der Waals surface area contributed by atoms with Gasteiger partial charge >= 0.3 is 0 Å². The summed E-state index contributed by atoms with van der Waals surface area (Å²) in [5, 5.41) is 6.41. The summed E-state index contributed by atoms with van der Waals surface area (Å²) >= 11 is 0. The predicted molar refractivity (Wildman–Crippen MR) is 68.5 cm³/mol. The van der Waals surface area contributed by atoms with Crippen LogP contribution in [0, 0.1) is 11.8 Å². The van der Waals surface area contributed by atoms with Crippen LogP contribution < -0.4 is 16.4 Å². The van der Waals surface area contributed by atoms with Crippen LogP contribution in [-0.4, -0.2) is 31.6 Å². The number of rotatable bonds is 4. The average molecular weight is 239 g/mol. The zero-order chi connectivity index (χ0) is 12.1. The summed E-state index contributed by atoms with van der Waals surface area (Å²) < 4.78 is 0. The lowest BCUT2D eigenvalue weighted by Crippen LogP contribution is -2.48. The minimum Gasteiger partial charge on any atom is -0.352 e. The number of nitrogens with one attached hydrogen (secondary N) is 2. The third kappa shape index (κ3) is 3.42. The van der Waals surface area contributed by atoms with Gasteiger partial charge in [0.05, 0.1) is 5.92 Å². The molecule has 1 heterocycles. The monoisotopic (exact) mass is 239 g/mol. The number of nitrogens with two attached hydrogens (primary N) is 1. The van der Waals surface area contributed by atoms with Gasteiger partial charge in [0.2, 0.25) is 5.91 Å². The zero-order valence-corrected chi connectivity index (χ0v) is 10.6. The van der Waals surface area contributed by atoms with Crippen LogP contribution in [0.1, 0.15) is 38.5 Å². The first-order valence-electron chi connectivity index (χ1n) is 7.02. The molecule has 0 radical (unpaired) electrons. The number of hydrogen-bond acceptors (Lipinski definition) is 3. The van der Waals surface area contributed by atoms with Gasteiger partial charge in [-0.3, -0.25) is 4.79 Å². The smallest absolute Gasteiger partial charge is 0.224 e. The number of hydrogen-bond donors (Lipinski definition) is 3. The first kappa shape index (κ1) is 12.8. The van der Waals surface area contributed by atoms with Crippen LogP contribution in [-0.2, 0) is 4.79 Å². The predicted octanol–water partition coefficient (Wildman–Crippen LogP) is 0.620. The van der Waals surface area contributed by atoms with Gasteiger partial charge in [-0.05, 0) is 31.7 Å². The lowest BCUT2D eigenvalue weighted by molar-refractivity contribution is -0.125. The van der Waals surface area contributed by atoms with E-state index in [9.17, 15) is 4.79 Å². The molecule has 0 bridgehead atoms. The van der Waals surface area contributed by atoms with Crippen molar-refractivity contribution in [3.8, 4) is 0 Å². The molecule has 98 valence electrons. The molecule has 4 nitrogen and oxygen atoms in total. The van der Waals surface area contributed by atoms with Gasteiger partial charge in [-0.15, -0.1) is 0 Å². The lowest BCUT2D eigenvalue weighted by Gasteiger charge is -2.30. The summed E-state index contributed by atoms with van der Waals surface area (Å²) in [4.78, 5) is 12.1. The topological polar surface area (TPSA) is 67.1 Å². The number of carbonyl (C=O) groups excluding carboxylic acids is 1. The number of amides is 1. The van der Waals surface area contributed by atoms with E-state index in [0.29, 0.717) is 12.5 Å². The molecule has 1 saturated carbocycles. The molecule has 0 aromatic carbocycles. The number of carbonyl (C=O) groups is 1. The fourth-order valence-corrected chi connectivity index (χ4v) is 3.08. The Bertz CT molecular complexity index is 245. The minimum atomic E-state index is 0.160. The van der Waals surface area contributed by atoms with Crippen molar-refractivity contribution in [3.63, 3.8) is 0 Å². The second kappa shape index (κ2) is 6.36. The van der Waals surface area contributed by atoms with Gasteiger partial charge in [0.15, 0.2) is 0 Å². The van der Waals surface area contributed by atoms with E-state index in [0.717, 1.165) is 19.5 Å². The first-order chi connectivity index (χ1) is 8.31. The van der Waals surface area contributed by atoms with Gasteiger partial charge in [0, 0.05) is 19.1 Å². The molecule has 0 aromatic heterocycles. The molecule has 0 spiro atoms. The van der Waals surface area contributed by atoms with E-state index >= 15 is 0 Å². The maximum atomic E-state index is 12.1. The average Bonchev–Trinajstić information content (AvgIpc) is 2.90. The summed E-state index contributed by atoms with van der Waals surface area (Å²) in [6.07, 6.45) is 7.35. The van der Waals surface area contributed by atoms with Gasteiger partial charge in [-0.25, -0.2) is 0 Å². The fraction of sp³-hybridized carbons (Fsp3) is 0.923. The highest BCUT2D eigenvalue weighted by Crippen LogP contribution is 2.26. The van der Waals surface area contributed by atoms with E-state index in [4.69, 9.17) is 5.73 Å². The molecule has 1 saturated heterocycles. The first-order valence-corrected chi connectivity index (χ1v) is 7.02. The van der Waals surface area contributed by atoms with Gasteiger partial charge < -0.3 is 16.4 Å². The summed E-state index contributed by atoms with van der Waals surface area (Å²) in [7, 11) is 0. The summed E-state index contributed by atoms with van der Waals surface area (Å²) in [5.41, 5.74) is 5.82. The second-order valence-electron chi connectivity index (χ2n) is 5.44. The zero-order valence-electron chi connectivity index (χ0n) is 10.6. The van der Waals surface area contributed by atoms with Crippen molar-refractivity contribution in [2.24, 2.45) is 17.6 Å². The molecule has 1 amide bonds. The maximum Gasteiger partial charge on any atom is 0.224 e. The Balaban J connectivity index is 1.82. The molecule has 1 aliphatic carbocycles. The molecule has 4 heteroatoms. The third-order valence-corrected chi connectivity index (χ3v) is 4.23. The van der Waals surface area contributed by atoms with Crippen LogP contribution in [0.25, 0.3) is 0 Å². The van der Waals surface area contributed by atoms with Crippen molar-refractivity contribution >= 4 is 5.91 Å². The Hall–Kier alpha value is -0.610. The van der Waals surface area contributed by atoms with Crippen LogP contribution >= 0.6 is 0 Å². The lowest BCUT2D eigenvalue weighted by atomic mass is 9.83. The van der Waals surface area contributed by atoms with Crippen molar-refractivity contribution < 1.29 is 4.79 Å². The van der Waals surface area contributed by atoms with E-state index in [1.807, 2.05) is 0 Å². The molecular formula is C13H25N3O. The van der Waals surface area contributed by atoms with Crippen molar-refractivity contribution in [2.75, 3.05) is 19.6 Å². The van der Waals surface area contributed by atoms with Crippen molar-refractivity contribution in [3.05, 3.63) is 0 Å². The molecule has 2 atom stereocenters. The summed E-state index contributed by atoms with van der Waals surface area (Å²) in [6.45, 7) is 2.37. The molecule has 2 fully saturated rings. The van der Waals surface area contributed by atoms with Gasteiger partial charge in [0.1, 0.15) is 0 Å². The van der Waals surface area contributed by atoms with Crippen molar-refractivity contribution in [1.29, 1.82) is 0 Å². The van der Waals surface area contributed by atoms with Crippen LogP contribution in [0.2, 0.25) is 0 Å². The molecule has 17 heavy (non-hydrogen) atoms. The highest BCUT2D eigenvalue weighted by Gasteiger charge is 2.28. The van der Waals surface area contributed by atoms with Crippen molar-refractivity contribution in [2.45, 2.75) is 44.6 Å². The minimum absolute atomic E-state index is 0.160. The highest BCUT2D eigenvalue weighted by molar-refractivity contribution is 5.79. The third-order valence-electron chi connectivity index (χ3n) is 4.23.